The van der Waals surface area contributed by atoms with Gasteiger partial charge < -0.3 is 15.4 Å². The third kappa shape index (κ3) is 3.42. The average molecular weight is 290 g/mol. The van der Waals surface area contributed by atoms with Gasteiger partial charge in [-0.05, 0) is 56.6 Å². The molecular weight excluding hydrogens is 268 g/mol. The topological polar surface area (TPSA) is 67.4 Å². The van der Waals surface area contributed by atoms with E-state index >= 15 is 0 Å². The lowest BCUT2D eigenvalue weighted by Crippen LogP contribution is -2.44. The highest BCUT2D eigenvalue weighted by atomic mass is 16.5. The van der Waals surface area contributed by atoms with Gasteiger partial charge in [0.25, 0.3) is 0 Å². The van der Waals surface area contributed by atoms with Crippen LogP contribution >= 0.6 is 0 Å². The lowest BCUT2D eigenvalue weighted by atomic mass is 9.76. The van der Waals surface area contributed by atoms with Crippen molar-refractivity contribution < 1.29 is 14.3 Å². The van der Waals surface area contributed by atoms with Gasteiger partial charge in [-0.1, -0.05) is 6.92 Å². The van der Waals surface area contributed by atoms with Crippen molar-refractivity contribution in [2.24, 2.45) is 5.41 Å². The molecule has 1 aromatic rings. The fourth-order valence-corrected chi connectivity index (χ4v) is 2.72. The predicted molar refractivity (Wildman–Crippen MR) is 81.2 cm³/mol. The zero-order chi connectivity index (χ0) is 15.3. The summed E-state index contributed by atoms with van der Waals surface area (Å²) in [4.78, 5) is 23.9. The minimum absolute atomic E-state index is 0.0670. The van der Waals surface area contributed by atoms with Crippen LogP contribution in [0.15, 0.2) is 24.3 Å². The predicted octanol–water partition coefficient (Wildman–Crippen LogP) is 2.19. The number of carbonyl (C=O) groups is 2. The SMILES string of the molecule is CCC1(C(=O)Nc2ccc(C(=O)OC)cc2)CCNCC1. The van der Waals surface area contributed by atoms with Crippen molar-refractivity contribution in [2.75, 3.05) is 25.5 Å². The normalized spacial score (nSPS) is 17.0. The van der Waals surface area contributed by atoms with E-state index in [-0.39, 0.29) is 17.3 Å². The molecule has 0 aromatic heterocycles. The molecule has 2 N–H and O–H groups in total. The van der Waals surface area contributed by atoms with E-state index in [9.17, 15) is 9.59 Å². The first kappa shape index (κ1) is 15.5. The number of hydrogen-bond donors (Lipinski definition) is 2. The maximum atomic E-state index is 12.6. The molecule has 1 aromatic carbocycles. The van der Waals surface area contributed by atoms with Crippen molar-refractivity contribution >= 4 is 17.6 Å². The first-order valence-corrected chi connectivity index (χ1v) is 7.32. The van der Waals surface area contributed by atoms with E-state index in [1.54, 1.807) is 24.3 Å². The van der Waals surface area contributed by atoms with Gasteiger partial charge in [0.1, 0.15) is 0 Å². The third-order valence-corrected chi connectivity index (χ3v) is 4.28. The Bertz CT molecular complexity index is 505. The highest BCUT2D eigenvalue weighted by Crippen LogP contribution is 2.33. The zero-order valence-electron chi connectivity index (χ0n) is 12.6. The molecule has 5 nitrogen and oxygen atoms in total. The van der Waals surface area contributed by atoms with E-state index in [2.05, 4.69) is 22.3 Å². The summed E-state index contributed by atoms with van der Waals surface area (Å²) in [5.74, 6) is -0.312. The molecule has 1 fully saturated rings. The Morgan fingerprint density at radius 1 is 1.24 bits per heavy atom. The second-order valence-electron chi connectivity index (χ2n) is 5.41. The van der Waals surface area contributed by atoms with E-state index in [1.807, 2.05) is 0 Å². The van der Waals surface area contributed by atoms with E-state index in [0.717, 1.165) is 32.4 Å². The van der Waals surface area contributed by atoms with Crippen molar-refractivity contribution in [2.45, 2.75) is 26.2 Å². The maximum absolute atomic E-state index is 12.6. The molecule has 1 heterocycles. The van der Waals surface area contributed by atoms with Crippen LogP contribution in [-0.4, -0.2) is 32.1 Å². The Hall–Kier alpha value is -1.88. The Morgan fingerprint density at radius 3 is 2.38 bits per heavy atom. The van der Waals surface area contributed by atoms with Crippen LogP contribution in [0.25, 0.3) is 0 Å². The summed E-state index contributed by atoms with van der Waals surface area (Å²) in [6.45, 7) is 3.82. The van der Waals surface area contributed by atoms with Gasteiger partial charge in [-0.2, -0.15) is 0 Å². The van der Waals surface area contributed by atoms with Gasteiger partial charge in [-0.15, -0.1) is 0 Å². The summed E-state index contributed by atoms with van der Waals surface area (Å²) >= 11 is 0. The minimum atomic E-state index is -0.378. The molecule has 0 spiro atoms. The number of methoxy groups -OCH3 is 1. The van der Waals surface area contributed by atoms with Crippen LogP contribution < -0.4 is 10.6 Å². The van der Waals surface area contributed by atoms with Crippen molar-refractivity contribution in [1.82, 2.24) is 5.32 Å². The highest BCUT2D eigenvalue weighted by Gasteiger charge is 2.37. The molecule has 2 rings (SSSR count). The Balaban J connectivity index is 2.06. The molecule has 1 aliphatic heterocycles. The molecule has 0 saturated carbocycles. The lowest BCUT2D eigenvalue weighted by Gasteiger charge is -2.35. The molecule has 0 radical (unpaired) electrons. The van der Waals surface area contributed by atoms with Crippen LogP contribution in [0, 0.1) is 5.41 Å². The first-order valence-electron chi connectivity index (χ1n) is 7.32. The summed E-state index contributed by atoms with van der Waals surface area (Å²) in [6.07, 6.45) is 2.55. The Labute approximate surface area is 125 Å². The maximum Gasteiger partial charge on any atom is 0.337 e. The number of hydrogen-bond acceptors (Lipinski definition) is 4. The van der Waals surface area contributed by atoms with Crippen LogP contribution in [0.1, 0.15) is 36.5 Å². The van der Waals surface area contributed by atoms with Gasteiger partial charge in [-0.3, -0.25) is 4.79 Å². The number of piperidine rings is 1. The number of ether oxygens (including phenoxy) is 1. The van der Waals surface area contributed by atoms with Crippen LogP contribution in [0.4, 0.5) is 5.69 Å². The number of esters is 1. The Morgan fingerprint density at radius 2 is 1.86 bits per heavy atom. The lowest BCUT2D eigenvalue weighted by molar-refractivity contribution is -0.127. The molecule has 0 unspecified atom stereocenters. The van der Waals surface area contributed by atoms with E-state index in [4.69, 9.17) is 0 Å². The van der Waals surface area contributed by atoms with Crippen molar-refractivity contribution in [3.8, 4) is 0 Å². The molecule has 1 aliphatic rings. The summed E-state index contributed by atoms with van der Waals surface area (Å²) in [6, 6.07) is 6.77. The second kappa shape index (κ2) is 6.72. The summed E-state index contributed by atoms with van der Waals surface area (Å²) < 4.78 is 4.65. The molecule has 1 saturated heterocycles. The minimum Gasteiger partial charge on any atom is -0.465 e. The molecule has 114 valence electrons. The van der Waals surface area contributed by atoms with Gasteiger partial charge in [0.15, 0.2) is 0 Å². The molecular formula is C16H22N2O3. The number of carbonyl (C=O) groups excluding carboxylic acids is 2. The van der Waals surface area contributed by atoms with Gasteiger partial charge in [-0.25, -0.2) is 4.79 Å². The van der Waals surface area contributed by atoms with Crippen molar-refractivity contribution in [3.05, 3.63) is 29.8 Å². The molecule has 21 heavy (non-hydrogen) atoms. The van der Waals surface area contributed by atoms with Gasteiger partial charge in [0.05, 0.1) is 18.1 Å². The van der Waals surface area contributed by atoms with Gasteiger partial charge >= 0.3 is 5.97 Å². The largest absolute Gasteiger partial charge is 0.465 e. The van der Waals surface area contributed by atoms with E-state index in [1.165, 1.54) is 7.11 Å². The Kier molecular flexibility index (Phi) is 4.96. The first-order chi connectivity index (χ1) is 10.1. The summed E-state index contributed by atoms with van der Waals surface area (Å²) in [5, 5.41) is 6.26. The quantitative estimate of drug-likeness (QED) is 0.834. The van der Waals surface area contributed by atoms with Crippen LogP contribution in [0.3, 0.4) is 0 Å². The molecule has 1 amide bonds. The molecule has 0 bridgehead atoms. The highest BCUT2D eigenvalue weighted by molar-refractivity contribution is 5.96. The number of anilines is 1. The van der Waals surface area contributed by atoms with Crippen LogP contribution in [0.5, 0.6) is 0 Å². The number of amides is 1. The van der Waals surface area contributed by atoms with Crippen LogP contribution in [0.2, 0.25) is 0 Å². The van der Waals surface area contributed by atoms with E-state index < -0.39 is 0 Å². The molecule has 0 atom stereocenters. The summed E-state index contributed by atoms with van der Waals surface area (Å²) in [5.41, 5.74) is 0.897. The summed E-state index contributed by atoms with van der Waals surface area (Å²) in [7, 11) is 1.35. The average Bonchev–Trinajstić information content (AvgIpc) is 2.55. The van der Waals surface area contributed by atoms with Crippen molar-refractivity contribution in [3.63, 3.8) is 0 Å². The van der Waals surface area contributed by atoms with Gasteiger partial charge in [0, 0.05) is 5.69 Å². The van der Waals surface area contributed by atoms with Crippen LogP contribution in [-0.2, 0) is 9.53 Å². The second-order valence-corrected chi connectivity index (χ2v) is 5.41. The monoisotopic (exact) mass is 290 g/mol. The van der Waals surface area contributed by atoms with Crippen molar-refractivity contribution in [1.29, 1.82) is 0 Å². The number of rotatable bonds is 4. The number of nitrogens with one attached hydrogen (secondary N) is 2. The molecule has 0 aliphatic carbocycles. The molecule has 5 heteroatoms. The smallest absolute Gasteiger partial charge is 0.337 e. The zero-order valence-corrected chi connectivity index (χ0v) is 12.6. The fourth-order valence-electron chi connectivity index (χ4n) is 2.72. The standard InChI is InChI=1S/C16H22N2O3/c1-3-16(8-10-17-11-9-16)15(20)18-13-6-4-12(5-7-13)14(19)21-2/h4-7,17H,3,8-11H2,1-2H3,(H,18,20). The number of benzene rings is 1. The van der Waals surface area contributed by atoms with Gasteiger partial charge in [0.2, 0.25) is 5.91 Å². The third-order valence-electron chi connectivity index (χ3n) is 4.28. The fraction of sp³-hybridized carbons (Fsp3) is 0.500. The van der Waals surface area contributed by atoms with E-state index in [0.29, 0.717) is 11.3 Å².